The fourth-order valence-corrected chi connectivity index (χ4v) is 2.67. The summed E-state index contributed by atoms with van der Waals surface area (Å²) < 4.78 is 5.33. The average molecular weight is 296 g/mol. The molecule has 0 saturated carbocycles. The minimum absolute atomic E-state index is 0.0452. The molecule has 2 amide bonds. The minimum Gasteiger partial charge on any atom is -0.444 e. The second-order valence-electron chi connectivity index (χ2n) is 5.74. The lowest BCUT2D eigenvalue weighted by molar-refractivity contribution is 0.0141. The molecule has 110 valence electrons. The van der Waals surface area contributed by atoms with Gasteiger partial charge in [0.15, 0.2) is 0 Å². The summed E-state index contributed by atoms with van der Waals surface area (Å²) in [4.78, 5) is 28.3. The first-order valence-corrected chi connectivity index (χ1v) is 7.55. The molecule has 1 saturated heterocycles. The van der Waals surface area contributed by atoms with Crippen molar-refractivity contribution in [1.29, 1.82) is 0 Å². The van der Waals surface area contributed by atoms with E-state index < -0.39 is 5.60 Å². The minimum atomic E-state index is -0.485. The van der Waals surface area contributed by atoms with Crippen molar-refractivity contribution in [2.75, 3.05) is 26.2 Å². The molecule has 0 aromatic carbocycles. The van der Waals surface area contributed by atoms with Gasteiger partial charge in [0, 0.05) is 26.2 Å². The van der Waals surface area contributed by atoms with Crippen LogP contribution >= 0.6 is 11.3 Å². The van der Waals surface area contributed by atoms with Gasteiger partial charge in [-0.2, -0.15) is 0 Å². The lowest BCUT2D eigenvalue weighted by Gasteiger charge is -2.35. The molecule has 2 rings (SSSR count). The summed E-state index contributed by atoms with van der Waals surface area (Å²) in [6, 6.07) is 3.70. The number of amides is 2. The van der Waals surface area contributed by atoms with Gasteiger partial charge in [0.05, 0.1) is 4.88 Å². The highest BCUT2D eigenvalue weighted by Gasteiger charge is 2.28. The number of hydrogen-bond acceptors (Lipinski definition) is 4. The number of ether oxygens (including phenoxy) is 1. The van der Waals surface area contributed by atoms with Gasteiger partial charge in [-0.3, -0.25) is 4.79 Å². The molecule has 1 aromatic heterocycles. The quantitative estimate of drug-likeness (QED) is 0.800. The molecule has 0 bridgehead atoms. The maximum Gasteiger partial charge on any atom is 0.410 e. The lowest BCUT2D eigenvalue weighted by Crippen LogP contribution is -2.51. The van der Waals surface area contributed by atoms with Crippen LogP contribution in [0.5, 0.6) is 0 Å². The van der Waals surface area contributed by atoms with E-state index >= 15 is 0 Å². The molecule has 1 fully saturated rings. The van der Waals surface area contributed by atoms with Gasteiger partial charge >= 0.3 is 6.09 Å². The van der Waals surface area contributed by atoms with Gasteiger partial charge in [0.1, 0.15) is 5.60 Å². The zero-order chi connectivity index (χ0) is 14.8. The summed E-state index contributed by atoms with van der Waals surface area (Å²) in [7, 11) is 0. The Morgan fingerprint density at radius 2 is 1.75 bits per heavy atom. The van der Waals surface area contributed by atoms with Crippen molar-refractivity contribution in [3.05, 3.63) is 22.4 Å². The molecule has 1 aliphatic heterocycles. The molecule has 1 aliphatic rings. The topological polar surface area (TPSA) is 49.9 Å². The number of carbonyl (C=O) groups is 2. The summed E-state index contributed by atoms with van der Waals surface area (Å²) in [5.74, 6) is 0.0452. The normalized spacial score (nSPS) is 16.1. The standard InChI is InChI=1S/C14H20N2O3S/c1-14(2,3)19-13(18)16-8-6-15(7-9-16)12(17)11-5-4-10-20-11/h4-5,10H,6-9H2,1-3H3. The van der Waals surface area contributed by atoms with Crippen LogP contribution in [0.15, 0.2) is 17.5 Å². The van der Waals surface area contributed by atoms with Crippen molar-refractivity contribution in [3.8, 4) is 0 Å². The van der Waals surface area contributed by atoms with E-state index in [2.05, 4.69) is 0 Å². The smallest absolute Gasteiger partial charge is 0.410 e. The molecule has 0 spiro atoms. The Morgan fingerprint density at radius 1 is 1.15 bits per heavy atom. The predicted octanol–water partition coefficient (Wildman–Crippen LogP) is 2.44. The van der Waals surface area contributed by atoms with Crippen molar-refractivity contribution >= 4 is 23.3 Å². The third-order valence-electron chi connectivity index (χ3n) is 2.95. The van der Waals surface area contributed by atoms with Gasteiger partial charge < -0.3 is 14.5 Å². The molecular formula is C14H20N2O3S. The van der Waals surface area contributed by atoms with Crippen LogP contribution in [0.4, 0.5) is 4.79 Å². The van der Waals surface area contributed by atoms with E-state index in [1.807, 2.05) is 38.3 Å². The van der Waals surface area contributed by atoms with Gasteiger partial charge in [-0.15, -0.1) is 11.3 Å². The Kier molecular flexibility index (Phi) is 4.32. The molecule has 1 aromatic rings. The summed E-state index contributed by atoms with van der Waals surface area (Å²) in [5.41, 5.74) is -0.485. The Bertz CT molecular complexity index is 471. The van der Waals surface area contributed by atoms with E-state index in [0.29, 0.717) is 26.2 Å². The Morgan fingerprint density at radius 3 is 2.25 bits per heavy atom. The van der Waals surface area contributed by atoms with Crippen LogP contribution in [-0.2, 0) is 4.74 Å². The van der Waals surface area contributed by atoms with Crippen LogP contribution in [0, 0.1) is 0 Å². The van der Waals surface area contributed by atoms with Crippen LogP contribution < -0.4 is 0 Å². The van der Waals surface area contributed by atoms with Crippen molar-refractivity contribution in [1.82, 2.24) is 9.80 Å². The van der Waals surface area contributed by atoms with Gasteiger partial charge in [-0.05, 0) is 32.2 Å². The summed E-state index contributed by atoms with van der Waals surface area (Å²) in [6.07, 6.45) is -0.305. The first-order valence-electron chi connectivity index (χ1n) is 6.67. The first kappa shape index (κ1) is 14.8. The van der Waals surface area contributed by atoms with Crippen molar-refractivity contribution < 1.29 is 14.3 Å². The fraction of sp³-hybridized carbons (Fsp3) is 0.571. The number of thiophene rings is 1. The maximum absolute atomic E-state index is 12.2. The number of carbonyl (C=O) groups excluding carboxylic acids is 2. The van der Waals surface area contributed by atoms with Gasteiger partial charge in [-0.1, -0.05) is 6.07 Å². The highest BCUT2D eigenvalue weighted by atomic mass is 32.1. The second-order valence-corrected chi connectivity index (χ2v) is 6.68. The Hall–Kier alpha value is -1.56. The van der Waals surface area contributed by atoms with Crippen LogP contribution in [0.1, 0.15) is 30.4 Å². The molecular weight excluding hydrogens is 276 g/mol. The zero-order valence-electron chi connectivity index (χ0n) is 12.1. The predicted molar refractivity (Wildman–Crippen MR) is 78.0 cm³/mol. The zero-order valence-corrected chi connectivity index (χ0v) is 12.9. The number of rotatable bonds is 1. The summed E-state index contributed by atoms with van der Waals surface area (Å²) in [5, 5.41) is 1.89. The maximum atomic E-state index is 12.2. The second kappa shape index (κ2) is 5.83. The largest absolute Gasteiger partial charge is 0.444 e. The highest BCUT2D eigenvalue weighted by molar-refractivity contribution is 7.12. The van der Waals surface area contributed by atoms with Crippen LogP contribution in [0.25, 0.3) is 0 Å². The third-order valence-corrected chi connectivity index (χ3v) is 3.81. The van der Waals surface area contributed by atoms with Crippen LogP contribution in [0.3, 0.4) is 0 Å². The summed E-state index contributed by atoms with van der Waals surface area (Å²) >= 11 is 1.44. The number of nitrogens with zero attached hydrogens (tertiary/aromatic N) is 2. The molecule has 20 heavy (non-hydrogen) atoms. The Labute approximate surface area is 123 Å². The molecule has 5 nitrogen and oxygen atoms in total. The lowest BCUT2D eigenvalue weighted by atomic mass is 10.2. The Balaban J connectivity index is 1.86. The fourth-order valence-electron chi connectivity index (χ4n) is 1.97. The van der Waals surface area contributed by atoms with E-state index in [1.165, 1.54) is 11.3 Å². The molecule has 6 heteroatoms. The SMILES string of the molecule is CC(C)(C)OC(=O)N1CCN(C(=O)c2cccs2)CC1. The van der Waals surface area contributed by atoms with Gasteiger partial charge in [0.25, 0.3) is 5.91 Å². The van der Waals surface area contributed by atoms with Crippen LogP contribution in [0.2, 0.25) is 0 Å². The van der Waals surface area contributed by atoms with Crippen LogP contribution in [-0.4, -0.2) is 53.6 Å². The van der Waals surface area contributed by atoms with E-state index in [9.17, 15) is 9.59 Å². The molecule has 0 N–H and O–H groups in total. The van der Waals surface area contributed by atoms with E-state index in [-0.39, 0.29) is 12.0 Å². The first-order chi connectivity index (χ1) is 9.37. The monoisotopic (exact) mass is 296 g/mol. The van der Waals surface area contributed by atoms with Crippen molar-refractivity contribution in [3.63, 3.8) is 0 Å². The summed E-state index contributed by atoms with van der Waals surface area (Å²) in [6.45, 7) is 7.69. The van der Waals surface area contributed by atoms with E-state index in [4.69, 9.17) is 4.74 Å². The van der Waals surface area contributed by atoms with Crippen molar-refractivity contribution in [2.24, 2.45) is 0 Å². The molecule has 0 atom stereocenters. The molecule has 2 heterocycles. The average Bonchev–Trinajstić information content (AvgIpc) is 2.90. The van der Waals surface area contributed by atoms with Gasteiger partial charge in [0.2, 0.25) is 0 Å². The molecule has 0 unspecified atom stereocenters. The van der Waals surface area contributed by atoms with Gasteiger partial charge in [-0.25, -0.2) is 4.79 Å². The third kappa shape index (κ3) is 3.72. The molecule has 0 radical (unpaired) electrons. The highest BCUT2D eigenvalue weighted by Crippen LogP contribution is 2.15. The van der Waals surface area contributed by atoms with E-state index in [0.717, 1.165) is 4.88 Å². The number of hydrogen-bond donors (Lipinski definition) is 0. The van der Waals surface area contributed by atoms with E-state index in [1.54, 1.807) is 9.80 Å². The van der Waals surface area contributed by atoms with Crippen molar-refractivity contribution in [2.45, 2.75) is 26.4 Å². The molecule has 0 aliphatic carbocycles. The number of piperazine rings is 1.